The van der Waals surface area contributed by atoms with Crippen LogP contribution in [0.15, 0.2) is 60.7 Å². The molecule has 0 amide bonds. The molecule has 2 rings (SSSR count). The standard InChI is InChI=1S/C16H14FNS/c17-19-18(14-16-10-5-2-6-11-16)13-7-12-15-8-3-1-4-9-15/h1-6,8-11H,13-14H2. The molecule has 0 aliphatic heterocycles. The van der Waals surface area contributed by atoms with E-state index in [0.29, 0.717) is 13.1 Å². The number of rotatable bonds is 4. The molecule has 0 aromatic heterocycles. The Morgan fingerprint density at radius 2 is 1.58 bits per heavy atom. The molecular formula is C16H14FNS. The van der Waals surface area contributed by atoms with E-state index in [1.807, 2.05) is 60.7 Å². The van der Waals surface area contributed by atoms with E-state index in [1.54, 1.807) is 4.31 Å². The number of nitrogens with zero attached hydrogens (tertiary/aromatic N) is 1. The van der Waals surface area contributed by atoms with Crippen molar-refractivity contribution in [2.45, 2.75) is 6.54 Å². The molecule has 0 atom stereocenters. The minimum atomic E-state index is 0.231. The van der Waals surface area contributed by atoms with Crippen LogP contribution in [0.1, 0.15) is 11.1 Å². The maximum atomic E-state index is 12.8. The van der Waals surface area contributed by atoms with Crippen molar-refractivity contribution in [2.24, 2.45) is 0 Å². The number of hydrogen-bond donors (Lipinski definition) is 0. The summed E-state index contributed by atoms with van der Waals surface area (Å²) in [7, 11) is 0. The highest BCUT2D eigenvalue weighted by Gasteiger charge is 2.04. The van der Waals surface area contributed by atoms with Crippen LogP contribution in [0, 0.1) is 11.8 Å². The molecule has 0 N–H and O–H groups in total. The Balaban J connectivity index is 1.92. The Labute approximate surface area is 117 Å². The Hall–Kier alpha value is -1.76. The maximum absolute atomic E-state index is 12.8. The van der Waals surface area contributed by atoms with Crippen molar-refractivity contribution in [2.75, 3.05) is 6.54 Å². The van der Waals surface area contributed by atoms with E-state index in [0.717, 1.165) is 11.1 Å². The maximum Gasteiger partial charge on any atom is 0.135 e. The summed E-state index contributed by atoms with van der Waals surface area (Å²) >= 11 is 0.231. The molecule has 0 saturated carbocycles. The average Bonchev–Trinajstić information content (AvgIpc) is 2.48. The van der Waals surface area contributed by atoms with Crippen molar-refractivity contribution in [3.05, 3.63) is 71.8 Å². The number of halogens is 1. The second-order valence-electron chi connectivity index (χ2n) is 4.02. The largest absolute Gasteiger partial charge is 0.206 e. The van der Waals surface area contributed by atoms with Crippen molar-refractivity contribution in [3.63, 3.8) is 0 Å². The minimum absolute atomic E-state index is 0.231. The van der Waals surface area contributed by atoms with Crippen LogP contribution in [0.2, 0.25) is 0 Å². The quantitative estimate of drug-likeness (QED) is 0.609. The van der Waals surface area contributed by atoms with E-state index in [2.05, 4.69) is 11.8 Å². The van der Waals surface area contributed by atoms with E-state index in [9.17, 15) is 3.89 Å². The summed E-state index contributed by atoms with van der Waals surface area (Å²) in [4.78, 5) is 0. The molecule has 0 radical (unpaired) electrons. The summed E-state index contributed by atoms with van der Waals surface area (Å²) in [5.74, 6) is 6.01. The fraction of sp³-hybridized carbons (Fsp3) is 0.125. The van der Waals surface area contributed by atoms with Crippen LogP contribution in [-0.2, 0) is 6.54 Å². The molecule has 2 aromatic carbocycles. The Morgan fingerprint density at radius 3 is 2.21 bits per heavy atom. The van der Waals surface area contributed by atoms with Gasteiger partial charge in [-0.1, -0.05) is 60.4 Å². The van der Waals surface area contributed by atoms with Gasteiger partial charge < -0.3 is 0 Å². The van der Waals surface area contributed by atoms with Crippen molar-refractivity contribution < 1.29 is 3.89 Å². The third-order valence-electron chi connectivity index (χ3n) is 2.56. The van der Waals surface area contributed by atoms with Crippen LogP contribution in [0.25, 0.3) is 0 Å². The van der Waals surface area contributed by atoms with E-state index < -0.39 is 0 Å². The topological polar surface area (TPSA) is 3.24 Å². The molecule has 2 aromatic rings. The third kappa shape index (κ3) is 4.78. The van der Waals surface area contributed by atoms with Gasteiger partial charge in [-0.05, 0) is 17.7 Å². The normalized spacial score (nSPS) is 10.0. The van der Waals surface area contributed by atoms with Gasteiger partial charge in [0.1, 0.15) is 12.3 Å². The van der Waals surface area contributed by atoms with Crippen LogP contribution in [-0.4, -0.2) is 10.8 Å². The lowest BCUT2D eigenvalue weighted by atomic mass is 10.2. The van der Waals surface area contributed by atoms with Crippen LogP contribution in [0.3, 0.4) is 0 Å². The molecule has 0 heterocycles. The lowest BCUT2D eigenvalue weighted by molar-refractivity contribution is 0.507. The molecule has 96 valence electrons. The summed E-state index contributed by atoms with van der Waals surface area (Å²) in [5.41, 5.74) is 2.03. The highest BCUT2D eigenvalue weighted by Crippen LogP contribution is 2.14. The van der Waals surface area contributed by atoms with Crippen molar-refractivity contribution in [3.8, 4) is 11.8 Å². The van der Waals surface area contributed by atoms with Gasteiger partial charge in [0.2, 0.25) is 0 Å². The molecule has 1 nitrogen and oxygen atoms in total. The molecular weight excluding hydrogens is 257 g/mol. The van der Waals surface area contributed by atoms with E-state index in [1.165, 1.54) is 0 Å². The van der Waals surface area contributed by atoms with Crippen LogP contribution >= 0.6 is 12.3 Å². The summed E-state index contributed by atoms with van der Waals surface area (Å²) in [6, 6.07) is 19.5. The second-order valence-corrected chi connectivity index (χ2v) is 4.67. The predicted octanol–water partition coefficient (Wildman–Crippen LogP) is 4.07. The van der Waals surface area contributed by atoms with Gasteiger partial charge in [0.25, 0.3) is 0 Å². The molecule has 3 heteroatoms. The summed E-state index contributed by atoms with van der Waals surface area (Å²) in [6.07, 6.45) is 0. The summed E-state index contributed by atoms with van der Waals surface area (Å²) in [6.45, 7) is 0.941. The lowest BCUT2D eigenvalue weighted by Crippen LogP contribution is -2.13. The highest BCUT2D eigenvalue weighted by molar-refractivity contribution is 7.91. The van der Waals surface area contributed by atoms with Crippen LogP contribution in [0.5, 0.6) is 0 Å². The zero-order chi connectivity index (χ0) is 13.3. The van der Waals surface area contributed by atoms with Gasteiger partial charge >= 0.3 is 0 Å². The van der Waals surface area contributed by atoms with Crippen molar-refractivity contribution >= 4 is 12.3 Å². The molecule has 0 fully saturated rings. The molecule has 0 unspecified atom stereocenters. The molecule has 0 saturated heterocycles. The Bertz CT molecular complexity index is 545. The van der Waals surface area contributed by atoms with E-state index >= 15 is 0 Å². The monoisotopic (exact) mass is 271 g/mol. The Morgan fingerprint density at radius 1 is 0.947 bits per heavy atom. The van der Waals surface area contributed by atoms with Crippen molar-refractivity contribution in [1.29, 1.82) is 0 Å². The fourth-order valence-corrected chi connectivity index (χ4v) is 1.95. The molecule has 0 aliphatic carbocycles. The van der Waals surface area contributed by atoms with Gasteiger partial charge in [0, 0.05) is 12.1 Å². The summed E-state index contributed by atoms with van der Waals surface area (Å²) in [5, 5.41) is 0. The molecule has 0 bridgehead atoms. The van der Waals surface area contributed by atoms with Gasteiger partial charge in [-0.25, -0.2) is 4.31 Å². The smallest absolute Gasteiger partial charge is 0.135 e. The van der Waals surface area contributed by atoms with Gasteiger partial charge in [-0.15, -0.1) is 3.89 Å². The average molecular weight is 271 g/mol. The third-order valence-corrected chi connectivity index (χ3v) is 3.01. The lowest BCUT2D eigenvalue weighted by Gasteiger charge is -2.12. The first-order valence-electron chi connectivity index (χ1n) is 6.00. The zero-order valence-corrected chi connectivity index (χ0v) is 11.2. The number of benzene rings is 2. The highest BCUT2D eigenvalue weighted by atomic mass is 32.2. The second kappa shape index (κ2) is 7.63. The zero-order valence-electron chi connectivity index (χ0n) is 10.4. The molecule has 0 spiro atoms. The SMILES string of the molecule is FSN(CC#Cc1ccccc1)Cc1ccccc1. The minimum Gasteiger partial charge on any atom is -0.206 e. The van der Waals surface area contributed by atoms with E-state index in [-0.39, 0.29) is 12.3 Å². The van der Waals surface area contributed by atoms with Gasteiger partial charge in [0.05, 0.1) is 6.54 Å². The Kier molecular flexibility index (Phi) is 5.49. The predicted molar refractivity (Wildman–Crippen MR) is 78.9 cm³/mol. The first kappa shape index (κ1) is 13.7. The van der Waals surface area contributed by atoms with Gasteiger partial charge in [-0.3, -0.25) is 0 Å². The van der Waals surface area contributed by atoms with Gasteiger partial charge in [0.15, 0.2) is 0 Å². The van der Waals surface area contributed by atoms with Gasteiger partial charge in [-0.2, -0.15) is 0 Å². The molecule has 0 aliphatic rings. The van der Waals surface area contributed by atoms with Crippen LogP contribution < -0.4 is 0 Å². The van der Waals surface area contributed by atoms with Crippen molar-refractivity contribution in [1.82, 2.24) is 4.31 Å². The first-order chi connectivity index (χ1) is 9.38. The fourth-order valence-electron chi connectivity index (χ4n) is 1.64. The number of hydrogen-bond acceptors (Lipinski definition) is 2. The molecule has 19 heavy (non-hydrogen) atoms. The van der Waals surface area contributed by atoms with Crippen LogP contribution in [0.4, 0.5) is 3.89 Å². The summed E-state index contributed by atoms with van der Waals surface area (Å²) < 4.78 is 14.4. The first-order valence-corrected chi connectivity index (χ1v) is 6.67. The van der Waals surface area contributed by atoms with E-state index in [4.69, 9.17) is 0 Å².